The molecule has 3 N–H and O–H groups in total. The molecule has 1 aliphatic heterocycles. The number of pyridine rings is 1. The SMILES string of the molecule is COc1cc2nccc(Oc3ccc4c(C(=O)N5CCCC5)c[nH]c4c3)c2cc1C(N)=O. The Kier molecular flexibility index (Phi) is 4.89. The van der Waals surface area contributed by atoms with Crippen LogP contribution in [0.2, 0.25) is 0 Å². The Hall–Kier alpha value is -4.07. The summed E-state index contributed by atoms with van der Waals surface area (Å²) < 4.78 is 11.4. The number of carbonyl (C=O) groups excluding carboxylic acids is 2. The Morgan fingerprint density at radius 1 is 1.03 bits per heavy atom. The number of hydrogen-bond acceptors (Lipinski definition) is 5. The van der Waals surface area contributed by atoms with Crippen LogP contribution in [0.3, 0.4) is 0 Å². The molecule has 8 nitrogen and oxygen atoms in total. The molecule has 3 heterocycles. The first-order chi connectivity index (χ1) is 15.5. The highest BCUT2D eigenvalue weighted by Crippen LogP contribution is 2.34. The highest BCUT2D eigenvalue weighted by atomic mass is 16.5. The van der Waals surface area contributed by atoms with E-state index in [4.69, 9.17) is 15.2 Å². The van der Waals surface area contributed by atoms with E-state index in [2.05, 4.69) is 9.97 Å². The molecule has 0 aliphatic carbocycles. The van der Waals surface area contributed by atoms with Crippen LogP contribution in [-0.4, -0.2) is 46.9 Å². The highest BCUT2D eigenvalue weighted by Gasteiger charge is 2.22. The van der Waals surface area contributed by atoms with Crippen molar-refractivity contribution in [2.24, 2.45) is 5.73 Å². The molecule has 2 amide bonds. The maximum absolute atomic E-state index is 12.8. The van der Waals surface area contributed by atoms with Crippen LogP contribution in [0.5, 0.6) is 17.2 Å². The number of aromatic amines is 1. The van der Waals surface area contributed by atoms with Gasteiger partial charge in [0.05, 0.1) is 23.8 Å². The first-order valence-electron chi connectivity index (χ1n) is 10.4. The van der Waals surface area contributed by atoms with Gasteiger partial charge in [0.2, 0.25) is 0 Å². The number of nitrogens with two attached hydrogens (primary N) is 1. The third-order valence-electron chi connectivity index (χ3n) is 5.79. The van der Waals surface area contributed by atoms with Crippen LogP contribution in [-0.2, 0) is 0 Å². The predicted molar refractivity (Wildman–Crippen MR) is 120 cm³/mol. The molecule has 1 saturated heterocycles. The number of hydrogen-bond donors (Lipinski definition) is 2. The van der Waals surface area contributed by atoms with Gasteiger partial charge < -0.3 is 25.1 Å². The second-order valence-corrected chi connectivity index (χ2v) is 7.75. The Bertz CT molecular complexity index is 1360. The third kappa shape index (κ3) is 3.39. The van der Waals surface area contributed by atoms with Crippen LogP contribution in [0.25, 0.3) is 21.8 Å². The number of aromatic nitrogens is 2. The van der Waals surface area contributed by atoms with E-state index >= 15 is 0 Å². The first-order valence-corrected chi connectivity index (χ1v) is 10.4. The van der Waals surface area contributed by atoms with Crippen molar-refractivity contribution in [2.45, 2.75) is 12.8 Å². The molecule has 162 valence electrons. The van der Waals surface area contributed by atoms with E-state index < -0.39 is 5.91 Å². The molecule has 0 saturated carbocycles. The quantitative estimate of drug-likeness (QED) is 0.500. The number of primary amides is 1. The minimum Gasteiger partial charge on any atom is -0.496 e. The van der Waals surface area contributed by atoms with E-state index in [-0.39, 0.29) is 11.5 Å². The minimum atomic E-state index is -0.596. The second-order valence-electron chi connectivity index (χ2n) is 7.75. The lowest BCUT2D eigenvalue weighted by atomic mass is 10.1. The number of fused-ring (bicyclic) bond motifs is 2. The normalized spacial score (nSPS) is 13.6. The van der Waals surface area contributed by atoms with Crippen molar-refractivity contribution < 1.29 is 19.1 Å². The molecule has 0 spiro atoms. The summed E-state index contributed by atoms with van der Waals surface area (Å²) >= 11 is 0. The summed E-state index contributed by atoms with van der Waals surface area (Å²) in [5.41, 5.74) is 7.85. The van der Waals surface area contributed by atoms with Gasteiger partial charge in [-0.25, -0.2) is 0 Å². The number of nitrogens with one attached hydrogen (secondary N) is 1. The third-order valence-corrected chi connectivity index (χ3v) is 5.79. The van der Waals surface area contributed by atoms with Gasteiger partial charge in [-0.1, -0.05) is 0 Å². The molecular formula is C24H22N4O4. The van der Waals surface area contributed by atoms with E-state index in [1.807, 2.05) is 23.1 Å². The Morgan fingerprint density at radius 2 is 1.84 bits per heavy atom. The number of H-pyrrole nitrogens is 1. The predicted octanol–water partition coefficient (Wildman–Crippen LogP) is 3.85. The number of rotatable bonds is 5. The zero-order valence-corrected chi connectivity index (χ0v) is 17.6. The van der Waals surface area contributed by atoms with Gasteiger partial charge in [-0.05, 0) is 37.1 Å². The number of ether oxygens (including phenoxy) is 2. The topological polar surface area (TPSA) is 111 Å². The molecule has 4 aromatic rings. The van der Waals surface area contributed by atoms with E-state index in [9.17, 15) is 9.59 Å². The summed E-state index contributed by atoms with van der Waals surface area (Å²) in [4.78, 5) is 34.1. The molecule has 0 bridgehead atoms. The summed E-state index contributed by atoms with van der Waals surface area (Å²) in [7, 11) is 1.47. The van der Waals surface area contributed by atoms with Crippen LogP contribution in [0.1, 0.15) is 33.6 Å². The molecule has 0 atom stereocenters. The van der Waals surface area contributed by atoms with Crippen LogP contribution in [0.4, 0.5) is 0 Å². The Balaban J connectivity index is 1.50. The smallest absolute Gasteiger partial charge is 0.256 e. The van der Waals surface area contributed by atoms with E-state index in [0.29, 0.717) is 33.7 Å². The average molecular weight is 430 g/mol. The fourth-order valence-corrected chi connectivity index (χ4v) is 4.16. The zero-order chi connectivity index (χ0) is 22.2. The number of methoxy groups -OCH3 is 1. The molecule has 2 aromatic carbocycles. The number of nitrogens with zero attached hydrogens (tertiary/aromatic N) is 2. The van der Waals surface area contributed by atoms with Crippen molar-refractivity contribution in [3.63, 3.8) is 0 Å². The van der Waals surface area contributed by atoms with E-state index in [1.165, 1.54) is 7.11 Å². The molecule has 8 heteroatoms. The Morgan fingerprint density at radius 3 is 2.59 bits per heavy atom. The van der Waals surface area contributed by atoms with Crippen molar-refractivity contribution in [1.82, 2.24) is 14.9 Å². The van der Waals surface area contributed by atoms with Gasteiger partial charge in [-0.3, -0.25) is 14.6 Å². The summed E-state index contributed by atoms with van der Waals surface area (Å²) in [5.74, 6) is 0.928. The van der Waals surface area contributed by atoms with Crippen LogP contribution >= 0.6 is 0 Å². The lowest BCUT2D eigenvalue weighted by Gasteiger charge is -2.14. The summed E-state index contributed by atoms with van der Waals surface area (Å²) in [6, 6.07) is 10.6. The van der Waals surface area contributed by atoms with E-state index in [1.54, 1.807) is 30.6 Å². The number of likely N-dealkylation sites (tertiary alicyclic amines) is 1. The molecule has 32 heavy (non-hydrogen) atoms. The molecular weight excluding hydrogens is 408 g/mol. The number of benzene rings is 2. The van der Waals surface area contributed by atoms with Gasteiger partial charge in [0.1, 0.15) is 17.2 Å². The lowest BCUT2D eigenvalue weighted by molar-refractivity contribution is 0.0794. The number of amides is 2. The van der Waals surface area contributed by atoms with Crippen molar-refractivity contribution >= 4 is 33.6 Å². The Labute approximate surface area is 183 Å². The van der Waals surface area contributed by atoms with Gasteiger partial charge in [0, 0.05) is 53.9 Å². The van der Waals surface area contributed by atoms with Gasteiger partial charge in [-0.2, -0.15) is 0 Å². The van der Waals surface area contributed by atoms with Gasteiger partial charge in [-0.15, -0.1) is 0 Å². The minimum absolute atomic E-state index is 0.0514. The van der Waals surface area contributed by atoms with Gasteiger partial charge in [0.25, 0.3) is 11.8 Å². The standard InChI is InChI=1S/C24H22N4O4/c1-31-22-12-20-16(11-17(22)23(25)29)21(6-7-26-20)32-14-4-5-15-18(13-27-19(15)10-14)24(30)28-8-2-3-9-28/h4-7,10-13,27H,2-3,8-9H2,1H3,(H2,25,29). The van der Waals surface area contributed by atoms with Crippen LogP contribution in [0, 0.1) is 0 Å². The van der Waals surface area contributed by atoms with Crippen molar-refractivity contribution in [2.75, 3.05) is 20.2 Å². The molecule has 1 aliphatic rings. The highest BCUT2D eigenvalue weighted by molar-refractivity contribution is 6.07. The second kappa shape index (κ2) is 7.88. The molecule has 5 rings (SSSR count). The largest absolute Gasteiger partial charge is 0.496 e. The fourth-order valence-electron chi connectivity index (χ4n) is 4.16. The summed E-state index contributed by atoms with van der Waals surface area (Å²) in [5, 5.41) is 1.49. The number of carbonyl (C=O) groups is 2. The molecule has 1 fully saturated rings. The van der Waals surface area contributed by atoms with Crippen molar-refractivity contribution in [3.05, 3.63) is 59.9 Å². The molecule has 0 unspecified atom stereocenters. The zero-order valence-electron chi connectivity index (χ0n) is 17.6. The summed E-state index contributed by atoms with van der Waals surface area (Å²) in [6.07, 6.45) is 5.48. The first kappa shape index (κ1) is 19.9. The van der Waals surface area contributed by atoms with Crippen molar-refractivity contribution in [1.29, 1.82) is 0 Å². The van der Waals surface area contributed by atoms with E-state index in [0.717, 1.165) is 36.8 Å². The average Bonchev–Trinajstić information content (AvgIpc) is 3.48. The van der Waals surface area contributed by atoms with Gasteiger partial charge in [0.15, 0.2) is 0 Å². The maximum atomic E-state index is 12.8. The van der Waals surface area contributed by atoms with Crippen LogP contribution in [0.15, 0.2) is 48.8 Å². The fraction of sp³-hybridized carbons (Fsp3) is 0.208. The lowest BCUT2D eigenvalue weighted by Crippen LogP contribution is -2.27. The van der Waals surface area contributed by atoms with Crippen LogP contribution < -0.4 is 15.2 Å². The monoisotopic (exact) mass is 430 g/mol. The maximum Gasteiger partial charge on any atom is 0.256 e. The molecule has 2 aromatic heterocycles. The van der Waals surface area contributed by atoms with Gasteiger partial charge >= 0.3 is 0 Å². The molecule has 0 radical (unpaired) electrons. The summed E-state index contributed by atoms with van der Waals surface area (Å²) in [6.45, 7) is 1.61. The van der Waals surface area contributed by atoms with Crippen molar-refractivity contribution in [3.8, 4) is 17.2 Å².